The van der Waals surface area contributed by atoms with E-state index in [1.807, 2.05) is 30.3 Å². The van der Waals surface area contributed by atoms with Gasteiger partial charge in [-0.25, -0.2) is 4.79 Å². The third-order valence-electron chi connectivity index (χ3n) is 9.14. The van der Waals surface area contributed by atoms with E-state index >= 15 is 0 Å². The maximum absolute atomic E-state index is 13.2. The predicted octanol–water partition coefficient (Wildman–Crippen LogP) is 8.60. The van der Waals surface area contributed by atoms with Crippen LogP contribution in [0.4, 0.5) is 13.2 Å². The van der Waals surface area contributed by atoms with Crippen LogP contribution >= 0.6 is 0 Å². The van der Waals surface area contributed by atoms with Gasteiger partial charge in [-0.2, -0.15) is 13.2 Å². The quantitative estimate of drug-likeness (QED) is 0.261. The number of hydrogen-bond donors (Lipinski definition) is 3. The van der Waals surface area contributed by atoms with Gasteiger partial charge in [-0.05, 0) is 73.1 Å². The third kappa shape index (κ3) is 8.21. The lowest BCUT2D eigenvalue weighted by Crippen LogP contribution is -2.40. The highest BCUT2D eigenvalue weighted by Gasteiger charge is 2.33. The molecule has 3 aromatic rings. The highest BCUT2D eigenvalue weighted by molar-refractivity contribution is 5.96. The van der Waals surface area contributed by atoms with Crippen molar-refractivity contribution in [2.45, 2.75) is 95.0 Å². The molecule has 5 nitrogen and oxygen atoms in total. The van der Waals surface area contributed by atoms with E-state index in [1.165, 1.54) is 76.3 Å². The summed E-state index contributed by atoms with van der Waals surface area (Å²) in [6.07, 6.45) is 9.77. The van der Waals surface area contributed by atoms with Crippen LogP contribution in [0.3, 0.4) is 0 Å². The molecule has 2 aliphatic carbocycles. The van der Waals surface area contributed by atoms with Crippen molar-refractivity contribution >= 4 is 5.97 Å². The smallest absolute Gasteiger partial charge is 0.416 e. The molecular weight excluding hydrogens is 567 g/mol. The number of aliphatic hydroxyl groups is 1. The minimum atomic E-state index is -4.60. The van der Waals surface area contributed by atoms with Gasteiger partial charge in [0.05, 0.1) is 23.8 Å². The lowest BCUT2D eigenvalue weighted by Gasteiger charge is -2.31. The number of ether oxygens (including phenoxy) is 1. The van der Waals surface area contributed by atoms with Crippen LogP contribution in [-0.4, -0.2) is 34.9 Å². The van der Waals surface area contributed by atoms with Crippen LogP contribution in [-0.2, 0) is 12.6 Å². The van der Waals surface area contributed by atoms with E-state index < -0.39 is 23.8 Å². The Bertz CT molecular complexity index is 1370. The molecule has 0 amide bonds. The highest BCUT2D eigenvalue weighted by Crippen LogP contribution is 2.41. The van der Waals surface area contributed by atoms with E-state index in [0.717, 1.165) is 35.8 Å². The number of hydrogen-bond acceptors (Lipinski definition) is 4. The minimum Gasteiger partial charge on any atom is -0.493 e. The Balaban J connectivity index is 0.000000245. The summed E-state index contributed by atoms with van der Waals surface area (Å²) in [6, 6.07) is 18.5. The van der Waals surface area contributed by atoms with E-state index in [1.54, 1.807) is 6.07 Å². The van der Waals surface area contributed by atoms with Crippen molar-refractivity contribution in [3.63, 3.8) is 0 Å². The first-order valence-electron chi connectivity index (χ1n) is 15.9. The lowest BCUT2D eigenvalue weighted by atomic mass is 9.87. The van der Waals surface area contributed by atoms with Crippen LogP contribution in [0.25, 0.3) is 11.1 Å². The van der Waals surface area contributed by atoms with Gasteiger partial charge in [-0.1, -0.05) is 81.0 Å². The molecule has 0 radical (unpaired) electrons. The van der Waals surface area contributed by atoms with E-state index in [4.69, 9.17) is 4.74 Å². The Kier molecular flexibility index (Phi) is 10.6. The molecule has 1 heterocycles. The molecule has 8 heteroatoms. The number of carboxylic acid groups (broad SMARTS) is 1. The standard InChI is InChI=1S/C24H19F3O4.C12H23N/c25-24(26,27)17-7-9-18(23(29)30)20(12-17)15-6-8-19-21(11-15)31-13-16(22(19)28)10-14-4-2-1-3-5-14;1-3-7-11(8-4-1)13-12-9-5-2-6-10-12/h1-9,11-12,16,22,28H,10,13H2,(H,29,30);11-13H,1-10H2/t16-,22+;/m0./s1. The number of halogens is 3. The Morgan fingerprint density at radius 2 is 1.48 bits per heavy atom. The number of alkyl halides is 3. The zero-order chi connectivity index (χ0) is 31.1. The first-order valence-corrected chi connectivity index (χ1v) is 15.9. The average molecular weight is 610 g/mol. The second kappa shape index (κ2) is 14.6. The van der Waals surface area contributed by atoms with Crippen LogP contribution in [0.15, 0.2) is 66.7 Å². The molecular formula is C36H42F3NO4. The second-order valence-electron chi connectivity index (χ2n) is 12.4. The van der Waals surface area contributed by atoms with Crippen LogP contribution in [0, 0.1) is 5.92 Å². The summed E-state index contributed by atoms with van der Waals surface area (Å²) in [5.41, 5.74) is 0.621. The van der Waals surface area contributed by atoms with E-state index in [2.05, 4.69) is 5.32 Å². The van der Waals surface area contributed by atoms with Gasteiger partial charge < -0.3 is 20.3 Å². The van der Waals surface area contributed by atoms with Crippen LogP contribution in [0.1, 0.15) is 97.4 Å². The number of carboxylic acids is 1. The maximum Gasteiger partial charge on any atom is 0.416 e. The van der Waals surface area contributed by atoms with Crippen LogP contribution < -0.4 is 10.1 Å². The van der Waals surface area contributed by atoms with Gasteiger partial charge in [0, 0.05) is 23.6 Å². The zero-order valence-electron chi connectivity index (χ0n) is 25.0. The normalized spacial score (nSPS) is 21.0. The fraction of sp³-hybridized carbons (Fsp3) is 0.472. The Hall–Kier alpha value is -3.36. The minimum absolute atomic E-state index is 0.0605. The lowest BCUT2D eigenvalue weighted by molar-refractivity contribution is -0.137. The summed E-state index contributed by atoms with van der Waals surface area (Å²) in [4.78, 5) is 11.6. The topological polar surface area (TPSA) is 78.8 Å². The van der Waals surface area contributed by atoms with E-state index in [0.29, 0.717) is 17.7 Å². The molecule has 2 fully saturated rings. The van der Waals surface area contributed by atoms with Gasteiger partial charge in [0.2, 0.25) is 0 Å². The SMILES string of the molecule is C1CCC(NC2CCCCC2)CC1.O=C(O)c1ccc(C(F)(F)F)cc1-c1ccc2c(c1)OC[C@H](Cc1ccccc1)[C@H]2O. The summed E-state index contributed by atoms with van der Waals surface area (Å²) in [5, 5.41) is 24.1. The number of rotatable bonds is 6. The number of benzene rings is 3. The first kappa shape index (κ1) is 32.0. The van der Waals surface area contributed by atoms with E-state index in [-0.39, 0.29) is 29.2 Å². The summed E-state index contributed by atoms with van der Waals surface area (Å²) < 4.78 is 45.3. The number of aliphatic hydroxyl groups excluding tert-OH is 1. The number of nitrogens with one attached hydrogen (secondary N) is 1. The second-order valence-corrected chi connectivity index (χ2v) is 12.4. The molecule has 0 aromatic heterocycles. The van der Waals surface area contributed by atoms with Crippen molar-refractivity contribution in [2.24, 2.45) is 5.92 Å². The molecule has 3 aliphatic rings. The van der Waals surface area contributed by atoms with Crippen molar-refractivity contribution in [3.8, 4) is 16.9 Å². The Labute approximate surface area is 257 Å². The van der Waals surface area contributed by atoms with Crippen molar-refractivity contribution in [2.75, 3.05) is 6.61 Å². The Morgan fingerprint density at radius 1 is 0.841 bits per heavy atom. The first-order chi connectivity index (χ1) is 21.2. The predicted molar refractivity (Wildman–Crippen MR) is 165 cm³/mol. The zero-order valence-corrected chi connectivity index (χ0v) is 25.0. The van der Waals surface area contributed by atoms with E-state index in [9.17, 15) is 28.2 Å². The molecule has 2 atom stereocenters. The van der Waals surface area contributed by atoms with Crippen molar-refractivity contribution in [1.29, 1.82) is 0 Å². The molecule has 0 saturated heterocycles. The van der Waals surface area contributed by atoms with Gasteiger partial charge >= 0.3 is 12.1 Å². The molecule has 0 spiro atoms. The molecule has 236 valence electrons. The molecule has 0 unspecified atom stereocenters. The van der Waals surface area contributed by atoms with Crippen molar-refractivity contribution in [1.82, 2.24) is 5.32 Å². The summed E-state index contributed by atoms with van der Waals surface area (Å²) in [5.74, 6) is -1.17. The van der Waals surface area contributed by atoms with Gasteiger partial charge in [-0.15, -0.1) is 0 Å². The molecule has 6 rings (SSSR count). The highest BCUT2D eigenvalue weighted by atomic mass is 19.4. The molecule has 3 aromatic carbocycles. The maximum atomic E-state index is 13.2. The monoisotopic (exact) mass is 609 g/mol. The third-order valence-corrected chi connectivity index (χ3v) is 9.14. The van der Waals surface area contributed by atoms with Crippen LogP contribution in [0.5, 0.6) is 5.75 Å². The molecule has 2 saturated carbocycles. The average Bonchev–Trinajstić information content (AvgIpc) is 3.03. The summed E-state index contributed by atoms with van der Waals surface area (Å²) in [7, 11) is 0. The fourth-order valence-electron chi connectivity index (χ4n) is 6.72. The van der Waals surface area contributed by atoms with Gasteiger partial charge in [0.15, 0.2) is 0 Å². The molecule has 44 heavy (non-hydrogen) atoms. The van der Waals surface area contributed by atoms with Crippen molar-refractivity contribution < 1.29 is 32.9 Å². The van der Waals surface area contributed by atoms with Crippen molar-refractivity contribution in [3.05, 3.63) is 89.0 Å². The molecule has 3 N–H and O–H groups in total. The molecule has 1 aliphatic heterocycles. The Morgan fingerprint density at radius 3 is 2.07 bits per heavy atom. The van der Waals surface area contributed by atoms with Gasteiger partial charge in [0.1, 0.15) is 5.75 Å². The fourth-order valence-corrected chi connectivity index (χ4v) is 6.72. The number of aromatic carboxylic acids is 1. The summed E-state index contributed by atoms with van der Waals surface area (Å²) in [6.45, 7) is 0.237. The summed E-state index contributed by atoms with van der Waals surface area (Å²) >= 11 is 0. The largest absolute Gasteiger partial charge is 0.493 e. The van der Waals surface area contributed by atoms with Crippen LogP contribution in [0.2, 0.25) is 0 Å². The number of carbonyl (C=O) groups is 1. The molecule has 0 bridgehead atoms. The van der Waals surface area contributed by atoms with Gasteiger partial charge in [0.25, 0.3) is 0 Å². The van der Waals surface area contributed by atoms with Gasteiger partial charge in [-0.3, -0.25) is 0 Å². The number of fused-ring (bicyclic) bond motifs is 1.